The normalized spacial score (nSPS) is 10.4. The molecule has 2 nitrogen and oxygen atoms in total. The molecule has 0 spiro atoms. The van der Waals surface area contributed by atoms with Crippen molar-refractivity contribution in [3.05, 3.63) is 29.3 Å². The van der Waals surface area contributed by atoms with E-state index in [9.17, 15) is 13.6 Å². The third kappa shape index (κ3) is 2.52. The van der Waals surface area contributed by atoms with E-state index in [4.69, 9.17) is 0 Å². The van der Waals surface area contributed by atoms with Gasteiger partial charge < -0.3 is 5.32 Å². The second kappa shape index (κ2) is 4.17. The zero-order chi connectivity index (χ0) is 10.7. The van der Waals surface area contributed by atoms with Gasteiger partial charge in [-0.1, -0.05) is 6.07 Å². The first-order valence-corrected chi connectivity index (χ1v) is 4.17. The third-order valence-electron chi connectivity index (χ3n) is 1.83. The Labute approximate surface area is 80.9 Å². The van der Waals surface area contributed by atoms with Crippen molar-refractivity contribution in [2.75, 3.05) is 5.32 Å². The molecular weight excluding hydrogens is 188 g/mol. The van der Waals surface area contributed by atoms with Crippen molar-refractivity contribution in [3.8, 4) is 0 Å². The van der Waals surface area contributed by atoms with Gasteiger partial charge in [-0.05, 0) is 24.6 Å². The monoisotopic (exact) mass is 199 g/mol. The number of halogens is 2. The topological polar surface area (TPSA) is 29.1 Å². The van der Waals surface area contributed by atoms with E-state index in [1.165, 1.54) is 13.0 Å². The van der Waals surface area contributed by atoms with Gasteiger partial charge in [-0.25, -0.2) is 8.78 Å². The van der Waals surface area contributed by atoms with E-state index in [2.05, 4.69) is 5.32 Å². The Balaban J connectivity index is 3.00. The Bertz CT molecular complexity index is 350. The lowest BCUT2D eigenvalue weighted by Crippen LogP contribution is -2.06. The fraction of sp³-hybridized carbons (Fsp3) is 0.300. The van der Waals surface area contributed by atoms with Gasteiger partial charge in [0.1, 0.15) is 0 Å². The van der Waals surface area contributed by atoms with Crippen LogP contribution in [0.5, 0.6) is 0 Å². The average molecular weight is 199 g/mol. The summed E-state index contributed by atoms with van der Waals surface area (Å²) in [5.41, 5.74) is 0.878. The average Bonchev–Trinajstić information content (AvgIpc) is 2.07. The van der Waals surface area contributed by atoms with Crippen molar-refractivity contribution >= 4 is 11.6 Å². The third-order valence-corrected chi connectivity index (χ3v) is 1.83. The van der Waals surface area contributed by atoms with E-state index in [0.29, 0.717) is 11.3 Å². The number of carbonyl (C=O) groups is 1. The first kappa shape index (κ1) is 10.6. The van der Waals surface area contributed by atoms with Gasteiger partial charge in [0.2, 0.25) is 5.91 Å². The van der Waals surface area contributed by atoms with Gasteiger partial charge in [-0.2, -0.15) is 0 Å². The number of alkyl halides is 2. The number of aryl methyl sites for hydroxylation is 1. The number of amides is 1. The molecule has 0 aliphatic heterocycles. The zero-order valence-corrected chi connectivity index (χ0v) is 7.97. The maximum Gasteiger partial charge on any atom is 0.264 e. The van der Waals surface area contributed by atoms with Crippen LogP contribution >= 0.6 is 0 Å². The largest absolute Gasteiger partial charge is 0.326 e. The molecule has 14 heavy (non-hydrogen) atoms. The minimum atomic E-state index is -2.51. The number of nitrogens with one attached hydrogen (secondary N) is 1. The molecule has 4 heteroatoms. The fourth-order valence-electron chi connectivity index (χ4n) is 1.16. The summed E-state index contributed by atoms with van der Waals surface area (Å²) in [6.07, 6.45) is -2.51. The van der Waals surface area contributed by atoms with E-state index in [-0.39, 0.29) is 11.5 Å². The van der Waals surface area contributed by atoms with Crippen molar-refractivity contribution in [2.24, 2.45) is 0 Å². The number of carbonyl (C=O) groups excluding carboxylic acids is 1. The highest BCUT2D eigenvalue weighted by atomic mass is 19.3. The summed E-state index contributed by atoms with van der Waals surface area (Å²) in [5.74, 6) is -0.269. The van der Waals surface area contributed by atoms with Crippen LogP contribution in [-0.2, 0) is 4.79 Å². The van der Waals surface area contributed by atoms with Crippen LogP contribution in [0.25, 0.3) is 0 Å². The lowest BCUT2D eigenvalue weighted by atomic mass is 10.1. The molecule has 0 aromatic heterocycles. The maximum atomic E-state index is 12.4. The summed E-state index contributed by atoms with van der Waals surface area (Å²) in [6.45, 7) is 2.95. The van der Waals surface area contributed by atoms with Crippen molar-refractivity contribution in [2.45, 2.75) is 20.3 Å². The maximum absolute atomic E-state index is 12.4. The minimum absolute atomic E-state index is 0.0451. The predicted octanol–water partition coefficient (Wildman–Crippen LogP) is 2.89. The van der Waals surface area contributed by atoms with Crippen LogP contribution in [0.3, 0.4) is 0 Å². The Morgan fingerprint density at radius 3 is 2.57 bits per heavy atom. The van der Waals surface area contributed by atoms with Crippen LogP contribution in [-0.4, -0.2) is 5.91 Å². The molecule has 76 valence electrons. The van der Waals surface area contributed by atoms with Gasteiger partial charge in [0.15, 0.2) is 0 Å². The van der Waals surface area contributed by atoms with Gasteiger partial charge in [-0.3, -0.25) is 4.79 Å². The van der Waals surface area contributed by atoms with Crippen LogP contribution in [0.1, 0.15) is 24.5 Å². The number of hydrogen-bond donors (Lipinski definition) is 1. The van der Waals surface area contributed by atoms with Gasteiger partial charge in [-0.15, -0.1) is 0 Å². The zero-order valence-electron chi connectivity index (χ0n) is 7.97. The smallest absolute Gasteiger partial charge is 0.264 e. The molecule has 0 bridgehead atoms. The van der Waals surface area contributed by atoms with Gasteiger partial charge in [0.05, 0.1) is 0 Å². The molecule has 0 saturated heterocycles. The number of anilines is 1. The molecule has 0 heterocycles. The van der Waals surface area contributed by atoms with Crippen molar-refractivity contribution in [3.63, 3.8) is 0 Å². The first-order valence-electron chi connectivity index (χ1n) is 4.17. The van der Waals surface area contributed by atoms with Gasteiger partial charge >= 0.3 is 0 Å². The summed E-state index contributed by atoms with van der Waals surface area (Å²) in [5, 5.41) is 2.46. The van der Waals surface area contributed by atoms with E-state index in [1.807, 2.05) is 0 Å². The molecular formula is C10H11F2NO. The molecule has 0 fully saturated rings. The molecule has 0 saturated carbocycles. The predicted molar refractivity (Wildman–Crippen MR) is 50.4 cm³/mol. The summed E-state index contributed by atoms with van der Waals surface area (Å²) in [4.78, 5) is 10.7. The van der Waals surface area contributed by atoms with Crippen LogP contribution in [0.2, 0.25) is 0 Å². The summed E-state index contributed by atoms with van der Waals surface area (Å²) in [7, 11) is 0. The second-order valence-corrected chi connectivity index (χ2v) is 3.05. The van der Waals surface area contributed by atoms with Crippen LogP contribution in [0.15, 0.2) is 18.2 Å². The van der Waals surface area contributed by atoms with Crippen molar-refractivity contribution in [1.29, 1.82) is 0 Å². The van der Waals surface area contributed by atoms with E-state index >= 15 is 0 Å². The molecule has 1 N–H and O–H groups in total. The first-order chi connectivity index (χ1) is 6.50. The van der Waals surface area contributed by atoms with E-state index in [1.54, 1.807) is 19.1 Å². The highest BCUT2D eigenvalue weighted by Gasteiger charge is 2.11. The quantitative estimate of drug-likeness (QED) is 0.779. The molecule has 0 aliphatic rings. The molecule has 0 aliphatic carbocycles. The van der Waals surface area contributed by atoms with Crippen molar-refractivity contribution < 1.29 is 13.6 Å². The molecule has 1 rings (SSSR count). The van der Waals surface area contributed by atoms with E-state index in [0.717, 1.165) is 0 Å². The summed E-state index contributed by atoms with van der Waals surface area (Å²) < 4.78 is 24.9. The Kier molecular flexibility index (Phi) is 3.17. The molecule has 1 aromatic carbocycles. The van der Waals surface area contributed by atoms with Crippen LogP contribution < -0.4 is 5.32 Å². The number of benzene rings is 1. The molecule has 1 amide bonds. The number of hydrogen-bond acceptors (Lipinski definition) is 1. The Morgan fingerprint density at radius 2 is 2.07 bits per heavy atom. The highest BCUT2D eigenvalue weighted by Crippen LogP contribution is 2.25. The fourth-order valence-corrected chi connectivity index (χ4v) is 1.16. The summed E-state index contributed by atoms with van der Waals surface area (Å²) >= 11 is 0. The number of rotatable bonds is 2. The molecule has 1 aromatic rings. The van der Waals surface area contributed by atoms with E-state index < -0.39 is 6.43 Å². The van der Waals surface area contributed by atoms with Crippen LogP contribution in [0, 0.1) is 6.92 Å². The van der Waals surface area contributed by atoms with Gasteiger partial charge in [0.25, 0.3) is 6.43 Å². The standard InChI is InChI=1S/C10H11F2NO/c1-6-3-4-8(13-7(2)14)5-9(6)10(11)12/h3-5,10H,1-2H3,(H,13,14). The summed E-state index contributed by atoms with van der Waals surface area (Å²) in [6, 6.07) is 4.46. The van der Waals surface area contributed by atoms with Gasteiger partial charge in [0, 0.05) is 18.2 Å². The lowest BCUT2D eigenvalue weighted by Gasteiger charge is -2.07. The second-order valence-electron chi connectivity index (χ2n) is 3.05. The highest BCUT2D eigenvalue weighted by molar-refractivity contribution is 5.88. The SMILES string of the molecule is CC(=O)Nc1ccc(C)c(C(F)F)c1. The molecule has 0 radical (unpaired) electrons. The Hall–Kier alpha value is -1.45. The minimum Gasteiger partial charge on any atom is -0.326 e. The lowest BCUT2D eigenvalue weighted by molar-refractivity contribution is -0.114. The molecule has 0 atom stereocenters. The molecule has 0 unspecified atom stereocenters. The van der Waals surface area contributed by atoms with Crippen molar-refractivity contribution in [1.82, 2.24) is 0 Å². The van der Waals surface area contributed by atoms with Crippen LogP contribution in [0.4, 0.5) is 14.5 Å². The Morgan fingerprint density at radius 1 is 1.43 bits per heavy atom.